The number of para-hydroxylation sites is 1. The Morgan fingerprint density at radius 2 is 1.63 bits per heavy atom. The van der Waals surface area contributed by atoms with E-state index < -0.39 is 5.97 Å². The first-order valence-corrected chi connectivity index (χ1v) is 12.8. The van der Waals surface area contributed by atoms with Gasteiger partial charge in [0.25, 0.3) is 0 Å². The highest BCUT2D eigenvalue weighted by molar-refractivity contribution is 7.99. The van der Waals surface area contributed by atoms with Crippen molar-refractivity contribution in [3.63, 3.8) is 0 Å². The minimum absolute atomic E-state index is 0.162. The van der Waals surface area contributed by atoms with Gasteiger partial charge in [0.1, 0.15) is 5.82 Å². The van der Waals surface area contributed by atoms with Crippen LogP contribution in [0.15, 0.2) is 88.9 Å². The van der Waals surface area contributed by atoms with Gasteiger partial charge in [-0.15, -0.1) is 22.0 Å². The van der Waals surface area contributed by atoms with Gasteiger partial charge < -0.3 is 10.1 Å². The molecule has 0 aliphatic heterocycles. The normalized spacial score (nSPS) is 10.7. The molecule has 3 aromatic carbocycles. The monoisotopic (exact) mass is 504 g/mol. The van der Waals surface area contributed by atoms with Gasteiger partial charge in [-0.05, 0) is 55.5 Å². The lowest BCUT2D eigenvalue weighted by atomic mass is 10.2. The summed E-state index contributed by atoms with van der Waals surface area (Å²) in [5.74, 6) is 1.01. The number of hydrogen-bond acceptors (Lipinski definition) is 7. The number of benzene rings is 3. The van der Waals surface area contributed by atoms with Crippen molar-refractivity contribution in [1.29, 1.82) is 0 Å². The highest BCUT2D eigenvalue weighted by Crippen LogP contribution is 2.27. The molecule has 1 heterocycles. The number of aromatic nitrogens is 3. The predicted molar refractivity (Wildman–Crippen MR) is 139 cm³/mol. The second-order valence-electron chi connectivity index (χ2n) is 7.58. The van der Waals surface area contributed by atoms with E-state index in [9.17, 15) is 9.59 Å². The predicted octanol–water partition coefficient (Wildman–Crippen LogP) is 5.39. The summed E-state index contributed by atoms with van der Waals surface area (Å²) in [4.78, 5) is 25.3. The second kappa shape index (κ2) is 11.7. The SMILES string of the molecule is COC(=O)c1ccc(NC(=O)CSc2nnc(CSc3ccc(C)cc3)n2-c2ccccc2)cc1. The Morgan fingerprint density at radius 3 is 2.31 bits per heavy atom. The van der Waals surface area contributed by atoms with E-state index in [1.54, 1.807) is 36.0 Å². The van der Waals surface area contributed by atoms with Crippen LogP contribution < -0.4 is 5.32 Å². The molecule has 0 aliphatic carbocycles. The average molecular weight is 505 g/mol. The van der Waals surface area contributed by atoms with Crippen LogP contribution >= 0.6 is 23.5 Å². The van der Waals surface area contributed by atoms with Crippen LogP contribution in [0, 0.1) is 6.92 Å². The van der Waals surface area contributed by atoms with Crippen molar-refractivity contribution in [2.45, 2.75) is 22.7 Å². The van der Waals surface area contributed by atoms with Crippen molar-refractivity contribution < 1.29 is 14.3 Å². The van der Waals surface area contributed by atoms with E-state index in [0.29, 0.717) is 22.2 Å². The summed E-state index contributed by atoms with van der Waals surface area (Å²) in [5.41, 5.74) is 3.19. The number of thioether (sulfide) groups is 2. The molecule has 4 rings (SSSR count). The van der Waals surface area contributed by atoms with Crippen LogP contribution in [0.25, 0.3) is 5.69 Å². The van der Waals surface area contributed by atoms with Crippen molar-refractivity contribution in [2.75, 3.05) is 18.2 Å². The molecule has 0 bridgehead atoms. The summed E-state index contributed by atoms with van der Waals surface area (Å²) in [6, 6.07) is 24.8. The van der Waals surface area contributed by atoms with Gasteiger partial charge in [-0.1, -0.05) is 47.7 Å². The summed E-state index contributed by atoms with van der Waals surface area (Å²) >= 11 is 3.01. The number of nitrogens with zero attached hydrogens (tertiary/aromatic N) is 3. The fraction of sp³-hybridized carbons (Fsp3) is 0.154. The van der Waals surface area contributed by atoms with Gasteiger partial charge in [-0.25, -0.2) is 4.79 Å². The number of anilines is 1. The number of carbonyl (C=O) groups excluding carboxylic acids is 2. The highest BCUT2D eigenvalue weighted by atomic mass is 32.2. The van der Waals surface area contributed by atoms with Crippen molar-refractivity contribution in [1.82, 2.24) is 14.8 Å². The molecule has 0 saturated carbocycles. The molecular formula is C26H24N4O3S2. The number of aryl methyl sites for hydroxylation is 1. The number of ether oxygens (including phenoxy) is 1. The third-order valence-electron chi connectivity index (χ3n) is 5.03. The Morgan fingerprint density at radius 1 is 0.914 bits per heavy atom. The number of carbonyl (C=O) groups is 2. The number of methoxy groups -OCH3 is 1. The van der Waals surface area contributed by atoms with E-state index in [2.05, 4.69) is 46.7 Å². The molecule has 7 nitrogen and oxygen atoms in total. The van der Waals surface area contributed by atoms with Crippen LogP contribution in [0.4, 0.5) is 5.69 Å². The van der Waals surface area contributed by atoms with Gasteiger partial charge in [-0.3, -0.25) is 9.36 Å². The smallest absolute Gasteiger partial charge is 0.337 e. The van der Waals surface area contributed by atoms with Crippen LogP contribution in [0.1, 0.15) is 21.7 Å². The molecule has 1 aromatic heterocycles. The van der Waals surface area contributed by atoms with Crippen molar-refractivity contribution >= 4 is 41.1 Å². The third kappa shape index (κ3) is 6.52. The lowest BCUT2D eigenvalue weighted by molar-refractivity contribution is -0.113. The molecule has 9 heteroatoms. The van der Waals surface area contributed by atoms with Crippen molar-refractivity contribution in [3.8, 4) is 5.69 Å². The molecule has 0 spiro atoms. The van der Waals surface area contributed by atoms with Gasteiger partial charge in [-0.2, -0.15) is 0 Å². The minimum Gasteiger partial charge on any atom is -0.465 e. The Bertz CT molecular complexity index is 1290. The molecule has 0 radical (unpaired) electrons. The lowest BCUT2D eigenvalue weighted by Gasteiger charge is -2.10. The Hall–Kier alpha value is -3.56. The van der Waals surface area contributed by atoms with E-state index in [1.165, 1.54) is 24.4 Å². The van der Waals surface area contributed by atoms with Crippen LogP contribution in [-0.2, 0) is 15.3 Å². The molecule has 0 atom stereocenters. The topological polar surface area (TPSA) is 86.1 Å². The number of nitrogens with one attached hydrogen (secondary N) is 1. The largest absolute Gasteiger partial charge is 0.465 e. The summed E-state index contributed by atoms with van der Waals surface area (Å²) < 4.78 is 6.69. The van der Waals surface area contributed by atoms with Crippen molar-refractivity contribution in [3.05, 3.63) is 95.8 Å². The molecule has 1 N–H and O–H groups in total. The summed E-state index contributed by atoms with van der Waals surface area (Å²) in [5, 5.41) is 12.3. The Labute approximate surface area is 212 Å². The first-order valence-electron chi connectivity index (χ1n) is 10.8. The maximum Gasteiger partial charge on any atom is 0.337 e. The molecule has 0 unspecified atom stereocenters. The number of rotatable bonds is 9. The summed E-state index contributed by atoms with van der Waals surface area (Å²) in [6.07, 6.45) is 0. The lowest BCUT2D eigenvalue weighted by Crippen LogP contribution is -2.15. The van der Waals surface area contributed by atoms with E-state index in [1.807, 2.05) is 34.9 Å². The average Bonchev–Trinajstić information content (AvgIpc) is 3.30. The van der Waals surface area contributed by atoms with Gasteiger partial charge >= 0.3 is 5.97 Å². The zero-order chi connectivity index (χ0) is 24.6. The van der Waals surface area contributed by atoms with E-state index >= 15 is 0 Å². The van der Waals surface area contributed by atoms with Gasteiger partial charge in [0.05, 0.1) is 24.2 Å². The standard InChI is InChI=1S/C26H24N4O3S2/c1-18-8-14-22(15-9-18)34-16-23-28-29-26(30(23)21-6-4-3-5-7-21)35-17-24(31)27-20-12-10-19(11-13-20)25(32)33-2/h3-15H,16-17H2,1-2H3,(H,27,31). The molecule has 4 aromatic rings. The Kier molecular flexibility index (Phi) is 8.23. The van der Waals surface area contributed by atoms with Crippen molar-refractivity contribution in [2.24, 2.45) is 0 Å². The minimum atomic E-state index is -0.421. The summed E-state index contributed by atoms with van der Waals surface area (Å²) in [7, 11) is 1.33. The first kappa shape index (κ1) is 24.6. The van der Waals surface area contributed by atoms with Crippen LogP contribution in [0.2, 0.25) is 0 Å². The number of hydrogen-bond donors (Lipinski definition) is 1. The zero-order valence-corrected chi connectivity index (χ0v) is 20.9. The maximum absolute atomic E-state index is 12.6. The number of amides is 1. The quantitative estimate of drug-likeness (QED) is 0.242. The maximum atomic E-state index is 12.6. The van der Waals surface area contributed by atoms with E-state index in [0.717, 1.165) is 16.4 Å². The molecule has 0 aliphatic rings. The molecular weight excluding hydrogens is 480 g/mol. The zero-order valence-electron chi connectivity index (χ0n) is 19.3. The van der Waals surface area contributed by atoms with Crippen LogP contribution in [0.5, 0.6) is 0 Å². The van der Waals surface area contributed by atoms with Crippen LogP contribution in [0.3, 0.4) is 0 Å². The fourth-order valence-electron chi connectivity index (χ4n) is 3.24. The molecule has 0 saturated heterocycles. The van der Waals surface area contributed by atoms with Gasteiger partial charge in [0.15, 0.2) is 5.16 Å². The fourth-order valence-corrected chi connectivity index (χ4v) is 4.82. The molecule has 35 heavy (non-hydrogen) atoms. The van der Waals surface area contributed by atoms with Gasteiger partial charge in [0.2, 0.25) is 5.91 Å². The first-order chi connectivity index (χ1) is 17.0. The Balaban J connectivity index is 1.44. The highest BCUT2D eigenvalue weighted by Gasteiger charge is 2.16. The molecule has 0 fully saturated rings. The second-order valence-corrected chi connectivity index (χ2v) is 9.57. The van der Waals surface area contributed by atoms with Gasteiger partial charge in [0, 0.05) is 16.3 Å². The molecule has 178 valence electrons. The van der Waals surface area contributed by atoms with Crippen LogP contribution in [-0.4, -0.2) is 39.5 Å². The molecule has 1 amide bonds. The third-order valence-corrected chi connectivity index (χ3v) is 6.96. The van der Waals surface area contributed by atoms with E-state index in [-0.39, 0.29) is 11.7 Å². The van der Waals surface area contributed by atoms with E-state index in [4.69, 9.17) is 4.74 Å². The summed E-state index contributed by atoms with van der Waals surface area (Å²) in [6.45, 7) is 2.07. The number of esters is 1.